The summed E-state index contributed by atoms with van der Waals surface area (Å²) in [5, 5.41) is 0. The van der Waals surface area contributed by atoms with E-state index in [-0.39, 0.29) is 12.5 Å². The number of anilines is 1. The second-order valence-electron chi connectivity index (χ2n) is 4.28. The highest BCUT2D eigenvalue weighted by atomic mass is 32.2. The lowest BCUT2D eigenvalue weighted by atomic mass is 10.1. The van der Waals surface area contributed by atoms with Crippen molar-refractivity contribution in [2.24, 2.45) is 5.92 Å². The molecule has 0 spiro atoms. The molecule has 0 N–H and O–H groups in total. The summed E-state index contributed by atoms with van der Waals surface area (Å²) in [6.07, 6.45) is 3.78. The molecule has 0 aromatic carbocycles. The summed E-state index contributed by atoms with van der Waals surface area (Å²) in [7, 11) is -3.33. The van der Waals surface area contributed by atoms with Gasteiger partial charge in [0.25, 0.3) is 10.1 Å². The van der Waals surface area contributed by atoms with Gasteiger partial charge in [-0.05, 0) is 18.6 Å². The van der Waals surface area contributed by atoms with Gasteiger partial charge in [-0.1, -0.05) is 6.07 Å². The molecule has 6 heteroatoms. The maximum atomic E-state index is 10.9. The molecule has 17 heavy (non-hydrogen) atoms. The van der Waals surface area contributed by atoms with Gasteiger partial charge in [0.2, 0.25) is 0 Å². The molecule has 1 aliphatic rings. The van der Waals surface area contributed by atoms with Crippen LogP contribution in [0.15, 0.2) is 24.4 Å². The third-order valence-corrected chi connectivity index (χ3v) is 3.34. The van der Waals surface area contributed by atoms with Crippen molar-refractivity contribution in [2.75, 3.05) is 30.9 Å². The zero-order valence-electron chi connectivity index (χ0n) is 9.74. The fourth-order valence-corrected chi connectivity index (χ4v) is 2.38. The molecule has 5 nitrogen and oxygen atoms in total. The van der Waals surface area contributed by atoms with E-state index in [1.54, 1.807) is 6.20 Å². The smallest absolute Gasteiger partial charge is 0.264 e. The molecule has 1 aromatic heterocycles. The summed E-state index contributed by atoms with van der Waals surface area (Å²) in [5.41, 5.74) is 0. The minimum absolute atomic E-state index is 0.256. The Labute approximate surface area is 102 Å². The SMILES string of the molecule is CS(=O)(=O)OCC1CCN(c2ccccn2)C1. The highest BCUT2D eigenvalue weighted by molar-refractivity contribution is 7.85. The Morgan fingerprint density at radius 3 is 3.00 bits per heavy atom. The molecule has 1 atom stereocenters. The third-order valence-electron chi connectivity index (χ3n) is 2.78. The van der Waals surface area contributed by atoms with E-state index >= 15 is 0 Å². The van der Waals surface area contributed by atoms with E-state index in [9.17, 15) is 8.42 Å². The minimum atomic E-state index is -3.33. The largest absolute Gasteiger partial charge is 0.356 e. The van der Waals surface area contributed by atoms with Gasteiger partial charge < -0.3 is 4.90 Å². The molecular formula is C11H16N2O3S. The topological polar surface area (TPSA) is 59.5 Å². The summed E-state index contributed by atoms with van der Waals surface area (Å²) >= 11 is 0. The van der Waals surface area contributed by atoms with E-state index in [0.717, 1.165) is 31.6 Å². The van der Waals surface area contributed by atoms with Crippen LogP contribution < -0.4 is 4.90 Å². The second kappa shape index (κ2) is 5.01. The Hall–Kier alpha value is -1.14. The van der Waals surface area contributed by atoms with Crippen molar-refractivity contribution in [1.29, 1.82) is 0 Å². The minimum Gasteiger partial charge on any atom is -0.356 e. The van der Waals surface area contributed by atoms with Crippen molar-refractivity contribution in [3.05, 3.63) is 24.4 Å². The number of nitrogens with zero attached hydrogens (tertiary/aromatic N) is 2. The number of rotatable bonds is 4. The number of pyridine rings is 1. The summed E-state index contributed by atoms with van der Waals surface area (Å²) in [5.74, 6) is 1.20. The summed E-state index contributed by atoms with van der Waals surface area (Å²) in [6, 6.07) is 5.78. The van der Waals surface area contributed by atoms with Crippen molar-refractivity contribution in [1.82, 2.24) is 4.98 Å². The summed E-state index contributed by atoms with van der Waals surface area (Å²) in [6.45, 7) is 1.96. The standard InChI is InChI=1S/C11H16N2O3S/c1-17(14,15)16-9-10-5-7-13(8-10)11-4-2-3-6-12-11/h2-4,6,10H,5,7-9H2,1H3. The van der Waals surface area contributed by atoms with Crippen LogP contribution in [-0.2, 0) is 14.3 Å². The maximum Gasteiger partial charge on any atom is 0.264 e. The van der Waals surface area contributed by atoms with Gasteiger partial charge in [-0.2, -0.15) is 8.42 Å². The van der Waals surface area contributed by atoms with Gasteiger partial charge in [0.15, 0.2) is 0 Å². The van der Waals surface area contributed by atoms with Gasteiger partial charge >= 0.3 is 0 Å². The van der Waals surface area contributed by atoms with Crippen LogP contribution in [0.25, 0.3) is 0 Å². The molecule has 2 heterocycles. The molecule has 0 amide bonds. The predicted octanol–water partition coefficient (Wildman–Crippen LogP) is 0.884. The van der Waals surface area contributed by atoms with Crippen LogP contribution in [-0.4, -0.2) is 39.4 Å². The van der Waals surface area contributed by atoms with Crippen molar-refractivity contribution >= 4 is 15.9 Å². The van der Waals surface area contributed by atoms with Crippen LogP contribution in [0.3, 0.4) is 0 Å². The van der Waals surface area contributed by atoms with E-state index in [1.165, 1.54) is 0 Å². The fraction of sp³-hybridized carbons (Fsp3) is 0.545. The lowest BCUT2D eigenvalue weighted by Gasteiger charge is -2.16. The van der Waals surface area contributed by atoms with Gasteiger partial charge in [-0.25, -0.2) is 4.98 Å². The van der Waals surface area contributed by atoms with Crippen LogP contribution in [0.1, 0.15) is 6.42 Å². The van der Waals surface area contributed by atoms with Gasteiger partial charge in [0, 0.05) is 25.2 Å². The second-order valence-corrected chi connectivity index (χ2v) is 5.92. The Morgan fingerprint density at radius 2 is 2.35 bits per heavy atom. The van der Waals surface area contributed by atoms with Crippen LogP contribution in [0.2, 0.25) is 0 Å². The zero-order chi connectivity index (χ0) is 12.3. The molecule has 94 valence electrons. The van der Waals surface area contributed by atoms with Crippen LogP contribution in [0.5, 0.6) is 0 Å². The highest BCUT2D eigenvalue weighted by Gasteiger charge is 2.24. The fourth-order valence-electron chi connectivity index (χ4n) is 1.94. The Kier molecular flexibility index (Phi) is 3.63. The molecule has 0 aliphatic carbocycles. The van der Waals surface area contributed by atoms with Gasteiger partial charge in [0.05, 0.1) is 12.9 Å². The Bertz CT molecular complexity index is 461. The first-order valence-corrected chi connectivity index (χ1v) is 7.36. The van der Waals surface area contributed by atoms with E-state index in [4.69, 9.17) is 4.18 Å². The van der Waals surface area contributed by atoms with E-state index < -0.39 is 10.1 Å². The Balaban J connectivity index is 1.88. The molecule has 1 aromatic rings. The predicted molar refractivity (Wildman–Crippen MR) is 65.4 cm³/mol. The molecule has 0 bridgehead atoms. The number of aromatic nitrogens is 1. The lowest BCUT2D eigenvalue weighted by Crippen LogP contribution is -2.22. The first-order chi connectivity index (χ1) is 8.04. The number of hydrogen-bond donors (Lipinski definition) is 0. The first kappa shape index (κ1) is 12.3. The van der Waals surface area contributed by atoms with Crippen molar-refractivity contribution < 1.29 is 12.6 Å². The van der Waals surface area contributed by atoms with Crippen molar-refractivity contribution in [3.63, 3.8) is 0 Å². The molecular weight excluding hydrogens is 240 g/mol. The van der Waals surface area contributed by atoms with E-state index in [1.807, 2.05) is 18.2 Å². The maximum absolute atomic E-state index is 10.9. The van der Waals surface area contributed by atoms with Gasteiger partial charge in [0.1, 0.15) is 5.82 Å². The average molecular weight is 256 g/mol. The Morgan fingerprint density at radius 1 is 1.53 bits per heavy atom. The van der Waals surface area contributed by atoms with Crippen LogP contribution in [0, 0.1) is 5.92 Å². The third kappa shape index (κ3) is 3.67. The molecule has 1 aliphatic heterocycles. The normalized spacial score (nSPS) is 20.8. The zero-order valence-corrected chi connectivity index (χ0v) is 10.6. The molecule has 0 radical (unpaired) electrons. The van der Waals surface area contributed by atoms with Crippen molar-refractivity contribution in [3.8, 4) is 0 Å². The molecule has 1 fully saturated rings. The van der Waals surface area contributed by atoms with Crippen molar-refractivity contribution in [2.45, 2.75) is 6.42 Å². The summed E-state index contributed by atoms with van der Waals surface area (Å²) < 4.78 is 26.6. The lowest BCUT2D eigenvalue weighted by molar-refractivity contribution is 0.268. The molecule has 1 unspecified atom stereocenters. The summed E-state index contributed by atoms with van der Waals surface area (Å²) in [4.78, 5) is 6.42. The highest BCUT2D eigenvalue weighted by Crippen LogP contribution is 2.22. The number of hydrogen-bond acceptors (Lipinski definition) is 5. The average Bonchev–Trinajstić information content (AvgIpc) is 2.75. The first-order valence-electron chi connectivity index (χ1n) is 5.55. The quantitative estimate of drug-likeness (QED) is 0.749. The molecule has 1 saturated heterocycles. The molecule has 2 rings (SSSR count). The van der Waals surface area contributed by atoms with Crippen LogP contribution in [0.4, 0.5) is 5.82 Å². The van der Waals surface area contributed by atoms with E-state index in [0.29, 0.717) is 0 Å². The monoisotopic (exact) mass is 256 g/mol. The van der Waals surface area contributed by atoms with Crippen LogP contribution >= 0.6 is 0 Å². The molecule has 0 saturated carbocycles. The van der Waals surface area contributed by atoms with Gasteiger partial charge in [-0.3, -0.25) is 4.18 Å². The van der Waals surface area contributed by atoms with Gasteiger partial charge in [-0.15, -0.1) is 0 Å². The van der Waals surface area contributed by atoms with E-state index in [2.05, 4.69) is 9.88 Å².